The molecule has 1 N–H and O–H groups in total. The normalized spacial score (nSPS) is 15.6. The number of amides is 1. The number of rotatable bonds is 7. The predicted octanol–water partition coefficient (Wildman–Crippen LogP) is 2.80. The average Bonchev–Trinajstić information content (AvgIpc) is 2.67. The van der Waals surface area contributed by atoms with Crippen molar-refractivity contribution in [2.45, 2.75) is 26.3 Å². The van der Waals surface area contributed by atoms with Crippen molar-refractivity contribution in [2.24, 2.45) is 5.92 Å². The summed E-state index contributed by atoms with van der Waals surface area (Å²) >= 11 is 0. The van der Waals surface area contributed by atoms with Crippen molar-refractivity contribution in [3.63, 3.8) is 0 Å². The van der Waals surface area contributed by atoms with Crippen molar-refractivity contribution in [3.8, 4) is 5.75 Å². The number of piperidine rings is 1. The maximum absolute atomic E-state index is 12.0. The minimum atomic E-state index is -0.0533. The van der Waals surface area contributed by atoms with Gasteiger partial charge in [-0.3, -0.25) is 14.7 Å². The number of pyridine rings is 1. The van der Waals surface area contributed by atoms with Crippen molar-refractivity contribution < 1.29 is 9.53 Å². The van der Waals surface area contributed by atoms with E-state index in [4.69, 9.17) is 4.74 Å². The molecule has 138 valence electrons. The van der Waals surface area contributed by atoms with E-state index in [1.165, 1.54) is 0 Å². The molecule has 5 heteroatoms. The van der Waals surface area contributed by atoms with Gasteiger partial charge in [0, 0.05) is 19.3 Å². The molecule has 0 radical (unpaired) electrons. The fourth-order valence-corrected chi connectivity index (χ4v) is 3.23. The van der Waals surface area contributed by atoms with E-state index in [-0.39, 0.29) is 12.5 Å². The smallest absolute Gasteiger partial charge is 0.257 e. The van der Waals surface area contributed by atoms with Crippen LogP contribution in [-0.2, 0) is 11.3 Å². The number of nitrogens with zero attached hydrogens (tertiary/aromatic N) is 2. The molecule has 1 aromatic carbocycles. The van der Waals surface area contributed by atoms with Gasteiger partial charge < -0.3 is 10.1 Å². The Balaban J connectivity index is 1.32. The molecule has 1 aliphatic heterocycles. The van der Waals surface area contributed by atoms with Crippen molar-refractivity contribution in [1.82, 2.24) is 15.2 Å². The van der Waals surface area contributed by atoms with Gasteiger partial charge in [-0.25, -0.2) is 0 Å². The topological polar surface area (TPSA) is 54.5 Å². The van der Waals surface area contributed by atoms with Crippen molar-refractivity contribution in [2.75, 3.05) is 26.2 Å². The van der Waals surface area contributed by atoms with Gasteiger partial charge in [0.05, 0.1) is 5.69 Å². The van der Waals surface area contributed by atoms with E-state index in [9.17, 15) is 4.79 Å². The first-order chi connectivity index (χ1) is 12.7. The second kappa shape index (κ2) is 9.34. The third-order valence-electron chi connectivity index (χ3n) is 4.77. The molecule has 0 atom stereocenters. The molecule has 3 rings (SSSR count). The molecule has 1 saturated heterocycles. The fourth-order valence-electron chi connectivity index (χ4n) is 3.23. The molecule has 1 amide bonds. The van der Waals surface area contributed by atoms with Crippen LogP contribution in [0.15, 0.2) is 48.7 Å². The molecule has 0 spiro atoms. The SMILES string of the molecule is Cc1cccc(OCC(=O)NCC2CCN(Cc3ccccn3)CC2)c1. The van der Waals surface area contributed by atoms with Crippen LogP contribution in [0, 0.1) is 12.8 Å². The number of carbonyl (C=O) groups excluding carboxylic acids is 1. The van der Waals surface area contributed by atoms with E-state index in [0.29, 0.717) is 5.92 Å². The molecule has 0 unspecified atom stereocenters. The third-order valence-corrected chi connectivity index (χ3v) is 4.77. The van der Waals surface area contributed by atoms with Gasteiger partial charge in [0.15, 0.2) is 6.61 Å². The van der Waals surface area contributed by atoms with Crippen LogP contribution in [0.5, 0.6) is 5.75 Å². The zero-order valence-corrected chi connectivity index (χ0v) is 15.4. The molecule has 0 saturated carbocycles. The van der Waals surface area contributed by atoms with E-state index < -0.39 is 0 Å². The number of aryl methyl sites for hydroxylation is 1. The molecule has 2 aromatic rings. The van der Waals surface area contributed by atoms with Gasteiger partial charge in [-0.1, -0.05) is 18.2 Å². The zero-order valence-electron chi connectivity index (χ0n) is 15.4. The highest BCUT2D eigenvalue weighted by atomic mass is 16.5. The van der Waals surface area contributed by atoms with Crippen LogP contribution < -0.4 is 10.1 Å². The molecule has 1 aromatic heterocycles. The first-order valence-corrected chi connectivity index (χ1v) is 9.27. The lowest BCUT2D eigenvalue weighted by atomic mass is 9.96. The molecule has 1 fully saturated rings. The summed E-state index contributed by atoms with van der Waals surface area (Å²) in [5, 5.41) is 3.01. The van der Waals surface area contributed by atoms with Crippen molar-refractivity contribution in [1.29, 1.82) is 0 Å². The Kier molecular flexibility index (Phi) is 6.61. The van der Waals surface area contributed by atoms with E-state index in [1.807, 2.05) is 49.5 Å². The minimum Gasteiger partial charge on any atom is -0.484 e. The summed E-state index contributed by atoms with van der Waals surface area (Å²) in [4.78, 5) is 18.8. The van der Waals surface area contributed by atoms with Crippen LogP contribution in [0.25, 0.3) is 0 Å². The quantitative estimate of drug-likeness (QED) is 0.832. The van der Waals surface area contributed by atoms with Crippen molar-refractivity contribution >= 4 is 5.91 Å². The number of nitrogens with one attached hydrogen (secondary N) is 1. The van der Waals surface area contributed by atoms with Gasteiger partial charge in [-0.05, 0) is 68.6 Å². The molecule has 0 bridgehead atoms. The third kappa shape index (κ3) is 5.85. The number of benzene rings is 1. The van der Waals surface area contributed by atoms with Crippen LogP contribution in [0.3, 0.4) is 0 Å². The summed E-state index contributed by atoms with van der Waals surface area (Å²) in [5.41, 5.74) is 2.24. The molecule has 2 heterocycles. The van der Waals surface area contributed by atoms with Crippen LogP contribution in [0.1, 0.15) is 24.1 Å². The fraction of sp³-hybridized carbons (Fsp3) is 0.429. The predicted molar refractivity (Wildman–Crippen MR) is 102 cm³/mol. The van der Waals surface area contributed by atoms with Crippen molar-refractivity contribution in [3.05, 3.63) is 59.9 Å². The molecular formula is C21H27N3O2. The van der Waals surface area contributed by atoms with Crippen LogP contribution in [-0.4, -0.2) is 42.0 Å². The largest absolute Gasteiger partial charge is 0.484 e. The maximum Gasteiger partial charge on any atom is 0.257 e. The average molecular weight is 353 g/mol. The summed E-state index contributed by atoms with van der Waals surface area (Å²) in [7, 11) is 0. The Hall–Kier alpha value is -2.40. The second-order valence-corrected chi connectivity index (χ2v) is 6.95. The molecule has 5 nitrogen and oxygen atoms in total. The van der Waals surface area contributed by atoms with Gasteiger partial charge in [0.2, 0.25) is 0 Å². The molecule has 0 aliphatic carbocycles. The first kappa shape index (κ1) is 18.4. The summed E-state index contributed by atoms with van der Waals surface area (Å²) in [6.07, 6.45) is 4.05. The molecule has 1 aliphatic rings. The second-order valence-electron chi connectivity index (χ2n) is 6.95. The number of ether oxygens (including phenoxy) is 1. The lowest BCUT2D eigenvalue weighted by molar-refractivity contribution is -0.123. The Morgan fingerprint density at radius 1 is 1.23 bits per heavy atom. The summed E-state index contributed by atoms with van der Waals surface area (Å²) in [6.45, 7) is 5.82. The Morgan fingerprint density at radius 2 is 2.08 bits per heavy atom. The summed E-state index contributed by atoms with van der Waals surface area (Å²) < 4.78 is 5.54. The van der Waals surface area contributed by atoms with Gasteiger partial charge in [0.1, 0.15) is 5.75 Å². The standard InChI is InChI=1S/C21H27N3O2/c1-17-5-4-7-20(13-17)26-16-21(25)23-14-18-8-11-24(12-9-18)15-19-6-2-3-10-22-19/h2-7,10,13,18H,8-9,11-12,14-16H2,1H3,(H,23,25). The Labute approximate surface area is 155 Å². The number of carbonyl (C=O) groups is 1. The first-order valence-electron chi connectivity index (χ1n) is 9.27. The van der Waals surface area contributed by atoms with Gasteiger partial charge in [-0.2, -0.15) is 0 Å². The lowest BCUT2D eigenvalue weighted by Gasteiger charge is -2.31. The number of likely N-dealkylation sites (tertiary alicyclic amines) is 1. The lowest BCUT2D eigenvalue weighted by Crippen LogP contribution is -2.39. The highest BCUT2D eigenvalue weighted by Gasteiger charge is 2.20. The van der Waals surface area contributed by atoms with E-state index >= 15 is 0 Å². The Bertz CT molecular complexity index is 697. The number of hydrogen-bond donors (Lipinski definition) is 1. The van der Waals surface area contributed by atoms with E-state index in [1.54, 1.807) is 0 Å². The van der Waals surface area contributed by atoms with Crippen LogP contribution in [0.2, 0.25) is 0 Å². The van der Waals surface area contributed by atoms with Gasteiger partial charge >= 0.3 is 0 Å². The zero-order chi connectivity index (χ0) is 18.2. The molecule has 26 heavy (non-hydrogen) atoms. The summed E-state index contributed by atoms with van der Waals surface area (Å²) in [5.74, 6) is 1.23. The summed E-state index contributed by atoms with van der Waals surface area (Å²) in [6, 6.07) is 13.8. The Morgan fingerprint density at radius 3 is 2.81 bits per heavy atom. The van der Waals surface area contributed by atoms with Crippen LogP contribution >= 0.6 is 0 Å². The van der Waals surface area contributed by atoms with Gasteiger partial charge in [0.25, 0.3) is 5.91 Å². The van der Waals surface area contributed by atoms with Gasteiger partial charge in [-0.15, -0.1) is 0 Å². The highest BCUT2D eigenvalue weighted by Crippen LogP contribution is 2.18. The molecular weight excluding hydrogens is 326 g/mol. The van der Waals surface area contributed by atoms with E-state index in [2.05, 4.69) is 21.3 Å². The minimum absolute atomic E-state index is 0.0533. The highest BCUT2D eigenvalue weighted by molar-refractivity contribution is 5.77. The van der Waals surface area contributed by atoms with E-state index in [0.717, 1.165) is 56.0 Å². The number of hydrogen-bond acceptors (Lipinski definition) is 4. The number of aromatic nitrogens is 1. The maximum atomic E-state index is 12.0. The van der Waals surface area contributed by atoms with Crippen LogP contribution in [0.4, 0.5) is 0 Å². The monoisotopic (exact) mass is 353 g/mol.